The van der Waals surface area contributed by atoms with Gasteiger partial charge in [0.25, 0.3) is 0 Å². The van der Waals surface area contributed by atoms with Crippen LogP contribution < -0.4 is 5.32 Å². The van der Waals surface area contributed by atoms with E-state index in [1.165, 1.54) is 13.4 Å². The van der Waals surface area contributed by atoms with E-state index in [2.05, 4.69) is 31.2 Å². The zero-order valence-electron chi connectivity index (χ0n) is 12.5. The maximum absolute atomic E-state index is 13.7. The average Bonchev–Trinajstić information content (AvgIpc) is 3.04. The van der Waals surface area contributed by atoms with E-state index < -0.39 is 12.6 Å². The van der Waals surface area contributed by atoms with Crippen molar-refractivity contribution in [1.82, 2.24) is 9.97 Å². The first-order chi connectivity index (χ1) is 11.5. The molecule has 0 radical (unpaired) electrons. The molecular formula is C16H12BrClFN3O2. The van der Waals surface area contributed by atoms with E-state index in [4.69, 9.17) is 16.3 Å². The number of methoxy groups -OCH3 is 1. The molecule has 3 aromatic rings. The first-order valence-corrected chi connectivity index (χ1v) is 8.07. The number of hydrogen-bond acceptors (Lipinski definition) is 4. The second kappa shape index (κ2) is 6.78. The average molecular weight is 413 g/mol. The number of nitrogens with one attached hydrogen (secondary N) is 2. The predicted molar refractivity (Wildman–Crippen MR) is 94.7 cm³/mol. The highest BCUT2D eigenvalue weighted by Crippen LogP contribution is 2.35. The molecule has 0 aliphatic rings. The maximum Gasteiger partial charge on any atom is 0.340 e. The lowest BCUT2D eigenvalue weighted by molar-refractivity contribution is 0.0602. The first kappa shape index (κ1) is 16.7. The van der Waals surface area contributed by atoms with Gasteiger partial charge in [-0.3, -0.25) is 0 Å². The molecule has 0 fully saturated rings. The lowest BCUT2D eigenvalue weighted by Gasteiger charge is -2.16. The monoisotopic (exact) mass is 411 g/mol. The molecule has 0 bridgehead atoms. The molecule has 0 atom stereocenters. The number of halogens is 3. The summed E-state index contributed by atoms with van der Waals surface area (Å²) in [5.74, 6) is -0.592. The van der Waals surface area contributed by atoms with E-state index in [0.29, 0.717) is 27.4 Å². The minimum absolute atomic E-state index is 0.184. The van der Waals surface area contributed by atoms with Gasteiger partial charge in [0, 0.05) is 10.0 Å². The van der Waals surface area contributed by atoms with Gasteiger partial charge in [-0.05, 0) is 24.3 Å². The Morgan fingerprint density at radius 1 is 1.46 bits per heavy atom. The Balaban J connectivity index is 2.21. The van der Waals surface area contributed by atoms with Gasteiger partial charge in [-0.15, -0.1) is 0 Å². The van der Waals surface area contributed by atoms with Crippen LogP contribution in [-0.4, -0.2) is 23.0 Å². The van der Waals surface area contributed by atoms with Gasteiger partial charge in [0.05, 0.1) is 46.4 Å². The molecule has 0 spiro atoms. The zero-order chi connectivity index (χ0) is 17.3. The van der Waals surface area contributed by atoms with Crippen LogP contribution in [0.15, 0.2) is 35.1 Å². The number of aromatic nitrogens is 2. The van der Waals surface area contributed by atoms with Gasteiger partial charge in [-0.1, -0.05) is 27.5 Å². The van der Waals surface area contributed by atoms with Gasteiger partial charge in [-0.25, -0.2) is 14.2 Å². The van der Waals surface area contributed by atoms with Crippen LogP contribution >= 0.6 is 27.5 Å². The molecule has 2 aromatic carbocycles. The number of rotatable bonds is 4. The number of carbonyl (C=O) groups excluding carboxylic acids is 1. The molecule has 0 saturated heterocycles. The number of esters is 1. The Morgan fingerprint density at radius 3 is 2.92 bits per heavy atom. The number of benzene rings is 2. The highest BCUT2D eigenvalue weighted by Gasteiger charge is 2.21. The molecule has 124 valence electrons. The summed E-state index contributed by atoms with van der Waals surface area (Å²) in [4.78, 5) is 19.1. The molecule has 0 unspecified atom stereocenters. The molecule has 0 amide bonds. The molecule has 24 heavy (non-hydrogen) atoms. The van der Waals surface area contributed by atoms with Crippen molar-refractivity contribution in [1.29, 1.82) is 0 Å². The lowest BCUT2D eigenvalue weighted by Crippen LogP contribution is -2.09. The first-order valence-electron chi connectivity index (χ1n) is 6.90. The van der Waals surface area contributed by atoms with Gasteiger partial charge in [0.15, 0.2) is 0 Å². The van der Waals surface area contributed by atoms with Gasteiger partial charge in [0.2, 0.25) is 0 Å². The van der Waals surface area contributed by atoms with Crippen molar-refractivity contribution in [3.63, 3.8) is 0 Å². The quantitative estimate of drug-likeness (QED) is 0.593. The van der Waals surface area contributed by atoms with E-state index in [-0.39, 0.29) is 11.1 Å². The standard InChI is InChI=1S/C16H12BrClFN3O2/c1-24-16(23)9-5-13-15(21-7-20-13)10(6-19)14(9)22-12-3-2-8(17)4-11(12)18/h2-5,7,22H,6H2,1H3,(H,20,21). The molecule has 8 heteroatoms. The van der Waals surface area contributed by atoms with Crippen molar-refractivity contribution in [3.05, 3.63) is 51.2 Å². The van der Waals surface area contributed by atoms with Crippen molar-refractivity contribution in [2.75, 3.05) is 12.4 Å². The summed E-state index contributed by atoms with van der Waals surface area (Å²) in [6.45, 7) is -0.792. The zero-order valence-corrected chi connectivity index (χ0v) is 14.8. The Labute approximate surface area is 150 Å². The van der Waals surface area contributed by atoms with E-state index in [9.17, 15) is 9.18 Å². The molecule has 0 saturated carbocycles. The van der Waals surface area contributed by atoms with Gasteiger partial charge in [0.1, 0.15) is 6.67 Å². The highest BCUT2D eigenvalue weighted by atomic mass is 79.9. The number of aromatic amines is 1. The van der Waals surface area contributed by atoms with E-state index >= 15 is 0 Å². The van der Waals surface area contributed by atoms with Crippen LogP contribution in [0, 0.1) is 0 Å². The SMILES string of the molecule is COC(=O)c1cc2nc[nH]c2c(CF)c1Nc1ccc(Br)cc1Cl. The van der Waals surface area contributed by atoms with Crippen molar-refractivity contribution in [2.24, 2.45) is 0 Å². The lowest BCUT2D eigenvalue weighted by atomic mass is 10.0. The van der Waals surface area contributed by atoms with Gasteiger partial charge >= 0.3 is 5.97 Å². The number of carbonyl (C=O) groups is 1. The number of hydrogen-bond donors (Lipinski definition) is 2. The maximum atomic E-state index is 13.7. The smallest absolute Gasteiger partial charge is 0.340 e. The second-order valence-electron chi connectivity index (χ2n) is 4.95. The molecule has 1 heterocycles. The van der Waals surface area contributed by atoms with Crippen molar-refractivity contribution in [2.45, 2.75) is 6.67 Å². The van der Waals surface area contributed by atoms with Gasteiger partial charge < -0.3 is 15.0 Å². The van der Waals surface area contributed by atoms with Crippen LogP contribution in [0.1, 0.15) is 15.9 Å². The third-order valence-electron chi connectivity index (χ3n) is 3.55. The summed E-state index contributed by atoms with van der Waals surface area (Å²) in [6.07, 6.45) is 1.45. The Hall–Kier alpha value is -2.12. The summed E-state index contributed by atoms with van der Waals surface area (Å²) < 4.78 is 19.3. The van der Waals surface area contributed by atoms with Crippen LogP contribution in [0.4, 0.5) is 15.8 Å². The van der Waals surface area contributed by atoms with Crippen LogP contribution in [0.2, 0.25) is 5.02 Å². The van der Waals surface area contributed by atoms with Crippen LogP contribution in [0.3, 0.4) is 0 Å². The largest absolute Gasteiger partial charge is 0.465 e. The molecular weight excluding hydrogens is 401 g/mol. The molecule has 0 aliphatic heterocycles. The van der Waals surface area contributed by atoms with Crippen molar-refractivity contribution >= 4 is 55.9 Å². The van der Waals surface area contributed by atoms with E-state index in [1.807, 2.05) is 0 Å². The predicted octanol–water partition coefficient (Wildman–Crippen LogP) is 4.98. The fourth-order valence-corrected chi connectivity index (χ4v) is 3.15. The van der Waals surface area contributed by atoms with Crippen molar-refractivity contribution in [3.8, 4) is 0 Å². The number of fused-ring (bicyclic) bond motifs is 1. The summed E-state index contributed by atoms with van der Waals surface area (Å²) in [5, 5.41) is 3.47. The van der Waals surface area contributed by atoms with E-state index in [0.717, 1.165) is 4.47 Å². The third kappa shape index (κ3) is 2.97. The number of nitrogens with zero attached hydrogens (tertiary/aromatic N) is 1. The Bertz CT molecular complexity index is 929. The third-order valence-corrected chi connectivity index (χ3v) is 4.36. The Kier molecular flexibility index (Phi) is 4.73. The number of anilines is 2. The Morgan fingerprint density at radius 2 is 2.25 bits per heavy atom. The van der Waals surface area contributed by atoms with Crippen molar-refractivity contribution < 1.29 is 13.9 Å². The number of alkyl halides is 1. The van der Waals surface area contributed by atoms with E-state index in [1.54, 1.807) is 24.3 Å². The summed E-state index contributed by atoms with van der Waals surface area (Å²) in [6, 6.07) is 6.76. The fourth-order valence-electron chi connectivity index (χ4n) is 2.43. The van der Waals surface area contributed by atoms with Crippen LogP contribution in [0.25, 0.3) is 11.0 Å². The topological polar surface area (TPSA) is 67.0 Å². The number of H-pyrrole nitrogens is 1. The molecule has 1 aromatic heterocycles. The summed E-state index contributed by atoms with van der Waals surface area (Å²) in [5.41, 5.74) is 2.30. The summed E-state index contributed by atoms with van der Waals surface area (Å²) >= 11 is 9.54. The molecule has 2 N–H and O–H groups in total. The second-order valence-corrected chi connectivity index (χ2v) is 6.27. The molecule has 0 aliphatic carbocycles. The normalized spacial score (nSPS) is 10.8. The van der Waals surface area contributed by atoms with Crippen LogP contribution in [0.5, 0.6) is 0 Å². The number of imidazole rings is 1. The highest BCUT2D eigenvalue weighted by molar-refractivity contribution is 9.10. The van der Waals surface area contributed by atoms with Crippen LogP contribution in [-0.2, 0) is 11.4 Å². The fraction of sp³-hybridized carbons (Fsp3) is 0.125. The molecule has 5 nitrogen and oxygen atoms in total. The minimum Gasteiger partial charge on any atom is -0.465 e. The van der Waals surface area contributed by atoms with Gasteiger partial charge in [-0.2, -0.15) is 0 Å². The summed E-state index contributed by atoms with van der Waals surface area (Å²) in [7, 11) is 1.27. The molecule has 3 rings (SSSR count). The minimum atomic E-state index is -0.792. The number of ether oxygens (including phenoxy) is 1.